The molecule has 5 heteroatoms. The maximum atomic E-state index is 13.2. The molecule has 0 amide bonds. The second-order valence-electron chi connectivity index (χ2n) is 6.54. The zero-order valence-electron chi connectivity index (χ0n) is 15.0. The van der Waals surface area contributed by atoms with E-state index >= 15 is 0 Å². The molecule has 2 aromatic rings. The number of nitrogens with one attached hydrogen (secondary N) is 1. The van der Waals surface area contributed by atoms with Gasteiger partial charge in [0.05, 0.1) is 17.9 Å². The van der Waals surface area contributed by atoms with Crippen LogP contribution in [0.1, 0.15) is 41.3 Å². The molecule has 1 atom stereocenters. The van der Waals surface area contributed by atoms with Crippen molar-refractivity contribution in [1.29, 1.82) is 0 Å². The maximum absolute atomic E-state index is 13.2. The summed E-state index contributed by atoms with van der Waals surface area (Å²) in [5, 5.41) is 3.83. The highest BCUT2D eigenvalue weighted by Gasteiger charge is 2.42. The van der Waals surface area contributed by atoms with Crippen LogP contribution in [0.3, 0.4) is 0 Å². The van der Waals surface area contributed by atoms with Gasteiger partial charge >= 0.3 is 5.97 Å². The minimum Gasteiger partial charge on any atom is -0.463 e. The molecular formula is C22H18ClNO3. The number of halogens is 1. The van der Waals surface area contributed by atoms with Gasteiger partial charge in [-0.3, -0.25) is 4.79 Å². The average molecular weight is 380 g/mol. The highest BCUT2D eigenvalue weighted by Crippen LogP contribution is 2.46. The first-order chi connectivity index (χ1) is 13.0. The monoisotopic (exact) mass is 379 g/mol. The van der Waals surface area contributed by atoms with Crippen molar-refractivity contribution < 1.29 is 14.3 Å². The summed E-state index contributed by atoms with van der Waals surface area (Å²) in [5.74, 6) is -1.03. The van der Waals surface area contributed by atoms with E-state index in [1.54, 1.807) is 19.1 Å². The number of ether oxygens (including phenoxy) is 1. The standard InChI is InChI=1S/C22H18ClNO3/c1-3-27-22(26)17-12(2)24-20-15-9-4-5-10-16(15)21(25)19(20)18(17)13-7-6-8-14(23)11-13/h4-11,18,24H,3H2,1-2H3/t18-/m1/s1. The van der Waals surface area contributed by atoms with Crippen LogP contribution < -0.4 is 5.32 Å². The third-order valence-corrected chi connectivity index (χ3v) is 5.16. The molecule has 0 saturated carbocycles. The molecule has 2 aromatic carbocycles. The lowest BCUT2D eigenvalue weighted by Crippen LogP contribution is -2.29. The minimum absolute atomic E-state index is 0.0765. The Morgan fingerprint density at radius 3 is 2.59 bits per heavy atom. The number of hydrogen-bond donors (Lipinski definition) is 1. The van der Waals surface area contributed by atoms with E-state index in [1.165, 1.54) is 0 Å². The lowest BCUT2D eigenvalue weighted by Gasteiger charge is -2.29. The van der Waals surface area contributed by atoms with E-state index in [0.717, 1.165) is 16.8 Å². The molecule has 136 valence electrons. The molecular weight excluding hydrogens is 362 g/mol. The quantitative estimate of drug-likeness (QED) is 0.799. The number of dihydropyridines is 1. The first-order valence-corrected chi connectivity index (χ1v) is 9.19. The third kappa shape index (κ3) is 2.77. The van der Waals surface area contributed by atoms with Gasteiger partial charge in [0.1, 0.15) is 0 Å². The summed E-state index contributed by atoms with van der Waals surface area (Å²) in [7, 11) is 0. The summed E-state index contributed by atoms with van der Waals surface area (Å²) in [5.41, 5.74) is 4.73. The Morgan fingerprint density at radius 1 is 1.15 bits per heavy atom. The zero-order chi connectivity index (χ0) is 19.1. The molecule has 0 saturated heterocycles. The van der Waals surface area contributed by atoms with Crippen molar-refractivity contribution in [3.05, 3.63) is 87.1 Å². The number of carbonyl (C=O) groups is 2. The van der Waals surface area contributed by atoms with Gasteiger partial charge in [0, 0.05) is 33.3 Å². The SMILES string of the molecule is CCOC(=O)C1=C(C)NC2=C(C(=O)c3ccccc32)[C@@H]1c1cccc(Cl)c1. The van der Waals surface area contributed by atoms with E-state index in [9.17, 15) is 9.59 Å². The van der Waals surface area contributed by atoms with Crippen LogP contribution in [0.25, 0.3) is 5.70 Å². The van der Waals surface area contributed by atoms with Gasteiger partial charge in [0.25, 0.3) is 0 Å². The molecule has 0 radical (unpaired) electrons. The van der Waals surface area contributed by atoms with Gasteiger partial charge in [-0.2, -0.15) is 0 Å². The number of allylic oxidation sites excluding steroid dienone is 2. The Hall–Kier alpha value is -2.85. The minimum atomic E-state index is -0.529. The lowest BCUT2D eigenvalue weighted by molar-refractivity contribution is -0.138. The van der Waals surface area contributed by atoms with Crippen LogP contribution in [-0.4, -0.2) is 18.4 Å². The Kier molecular flexibility index (Phi) is 4.36. The van der Waals surface area contributed by atoms with Crippen molar-refractivity contribution in [1.82, 2.24) is 5.32 Å². The topological polar surface area (TPSA) is 55.4 Å². The first kappa shape index (κ1) is 17.6. The Labute approximate surface area is 162 Å². The molecule has 1 N–H and O–H groups in total. The fourth-order valence-electron chi connectivity index (χ4n) is 3.83. The maximum Gasteiger partial charge on any atom is 0.336 e. The summed E-state index contributed by atoms with van der Waals surface area (Å²) in [6.45, 7) is 3.86. The fraction of sp³-hybridized carbons (Fsp3) is 0.182. The van der Waals surface area contributed by atoms with Gasteiger partial charge < -0.3 is 10.1 Å². The number of ketones is 1. The van der Waals surface area contributed by atoms with Gasteiger partial charge in [-0.25, -0.2) is 4.79 Å². The molecule has 1 heterocycles. The molecule has 2 aliphatic rings. The summed E-state index contributed by atoms with van der Waals surface area (Å²) >= 11 is 6.21. The smallest absolute Gasteiger partial charge is 0.336 e. The van der Waals surface area contributed by atoms with Crippen LogP contribution >= 0.6 is 11.6 Å². The fourth-order valence-corrected chi connectivity index (χ4v) is 4.03. The highest BCUT2D eigenvalue weighted by atomic mass is 35.5. The van der Waals surface area contributed by atoms with Gasteiger partial charge in [-0.05, 0) is 31.5 Å². The van der Waals surface area contributed by atoms with E-state index in [0.29, 0.717) is 27.4 Å². The second-order valence-corrected chi connectivity index (χ2v) is 6.97. The van der Waals surface area contributed by atoms with Crippen LogP contribution in [-0.2, 0) is 9.53 Å². The molecule has 27 heavy (non-hydrogen) atoms. The Morgan fingerprint density at radius 2 is 1.89 bits per heavy atom. The van der Waals surface area contributed by atoms with Crippen LogP contribution in [0.5, 0.6) is 0 Å². The van der Waals surface area contributed by atoms with Crippen LogP contribution in [0.15, 0.2) is 65.4 Å². The number of rotatable bonds is 3. The predicted molar refractivity (Wildman–Crippen MR) is 104 cm³/mol. The van der Waals surface area contributed by atoms with Gasteiger partial charge in [-0.1, -0.05) is 48.0 Å². The number of carbonyl (C=O) groups excluding carboxylic acids is 2. The third-order valence-electron chi connectivity index (χ3n) is 4.93. The van der Waals surface area contributed by atoms with Crippen molar-refractivity contribution in [2.24, 2.45) is 0 Å². The first-order valence-electron chi connectivity index (χ1n) is 8.81. The predicted octanol–water partition coefficient (Wildman–Crippen LogP) is 4.47. The molecule has 1 aliphatic heterocycles. The van der Waals surface area contributed by atoms with Crippen molar-refractivity contribution in [3.8, 4) is 0 Å². The normalized spacial score (nSPS) is 18.2. The van der Waals surface area contributed by atoms with E-state index in [1.807, 2.05) is 43.3 Å². The van der Waals surface area contributed by atoms with Crippen molar-refractivity contribution in [2.45, 2.75) is 19.8 Å². The van der Waals surface area contributed by atoms with Crippen LogP contribution in [0, 0.1) is 0 Å². The molecule has 4 rings (SSSR count). The van der Waals surface area contributed by atoms with E-state index < -0.39 is 11.9 Å². The summed E-state index contributed by atoms with van der Waals surface area (Å²) in [4.78, 5) is 26.0. The summed E-state index contributed by atoms with van der Waals surface area (Å²) < 4.78 is 5.29. The van der Waals surface area contributed by atoms with Crippen molar-refractivity contribution >= 4 is 29.1 Å². The molecule has 0 aromatic heterocycles. The second kappa shape index (κ2) is 6.71. The average Bonchev–Trinajstić information content (AvgIpc) is 2.93. The summed E-state index contributed by atoms with van der Waals surface area (Å²) in [6.07, 6.45) is 0. The molecule has 0 unspecified atom stereocenters. The Balaban J connectivity index is 1.94. The van der Waals surface area contributed by atoms with Crippen molar-refractivity contribution in [2.75, 3.05) is 6.61 Å². The molecule has 1 aliphatic carbocycles. The molecule has 0 spiro atoms. The summed E-state index contributed by atoms with van der Waals surface area (Å²) in [6, 6.07) is 14.7. The van der Waals surface area contributed by atoms with E-state index in [-0.39, 0.29) is 12.4 Å². The number of benzene rings is 2. The van der Waals surface area contributed by atoms with Gasteiger partial charge in [0.15, 0.2) is 5.78 Å². The molecule has 0 bridgehead atoms. The van der Waals surface area contributed by atoms with Gasteiger partial charge in [-0.15, -0.1) is 0 Å². The van der Waals surface area contributed by atoms with Gasteiger partial charge in [0.2, 0.25) is 0 Å². The molecule has 0 fully saturated rings. The van der Waals surface area contributed by atoms with E-state index in [4.69, 9.17) is 16.3 Å². The van der Waals surface area contributed by atoms with Crippen LogP contribution in [0.2, 0.25) is 5.02 Å². The number of esters is 1. The molecule has 4 nitrogen and oxygen atoms in total. The largest absolute Gasteiger partial charge is 0.463 e. The number of Topliss-reactive ketones (excluding diaryl/α,β-unsaturated/α-hetero) is 1. The highest BCUT2D eigenvalue weighted by molar-refractivity contribution is 6.30. The van der Waals surface area contributed by atoms with Crippen molar-refractivity contribution in [3.63, 3.8) is 0 Å². The van der Waals surface area contributed by atoms with Crippen LogP contribution in [0.4, 0.5) is 0 Å². The number of hydrogen-bond acceptors (Lipinski definition) is 4. The Bertz CT molecular complexity index is 1040. The number of fused-ring (bicyclic) bond motifs is 2. The van der Waals surface area contributed by atoms with E-state index in [2.05, 4.69) is 5.32 Å². The lowest BCUT2D eigenvalue weighted by atomic mass is 9.80. The zero-order valence-corrected chi connectivity index (χ0v) is 15.8.